The molecule has 0 spiro atoms. The molecule has 8 heteroatoms. The van der Waals surface area contributed by atoms with Crippen molar-refractivity contribution in [2.75, 3.05) is 18.1 Å². The van der Waals surface area contributed by atoms with Crippen molar-refractivity contribution in [1.82, 2.24) is 10.5 Å². The van der Waals surface area contributed by atoms with Crippen LogP contribution < -0.4 is 5.32 Å². The largest absolute Gasteiger partial charge is 0.355 e. The Labute approximate surface area is 126 Å². The summed E-state index contributed by atoms with van der Waals surface area (Å²) in [6.45, 7) is 0.346. The first-order chi connectivity index (χ1) is 10.0. The molecule has 0 aromatic carbocycles. The van der Waals surface area contributed by atoms with Crippen LogP contribution in [0, 0.1) is 5.92 Å². The van der Waals surface area contributed by atoms with E-state index in [1.54, 1.807) is 6.07 Å². The summed E-state index contributed by atoms with van der Waals surface area (Å²) in [7, 11) is -2.92. The molecule has 1 aliphatic heterocycles. The average Bonchev–Trinajstić information content (AvgIpc) is 3.15. The third-order valence-corrected chi connectivity index (χ3v) is 6.11. The number of hydrogen-bond donors (Lipinski definition) is 1. The fourth-order valence-electron chi connectivity index (χ4n) is 2.28. The Hall–Kier alpha value is -1.67. The average molecular weight is 326 g/mol. The Kier molecular flexibility index (Phi) is 3.81. The third-order valence-electron chi connectivity index (χ3n) is 3.38. The molecule has 0 radical (unpaired) electrons. The van der Waals surface area contributed by atoms with E-state index in [0.717, 1.165) is 4.88 Å². The Morgan fingerprint density at radius 1 is 1.52 bits per heavy atom. The lowest BCUT2D eigenvalue weighted by Gasteiger charge is -2.07. The highest BCUT2D eigenvalue weighted by Gasteiger charge is 2.28. The topological polar surface area (TPSA) is 89.3 Å². The highest BCUT2D eigenvalue weighted by molar-refractivity contribution is 7.91. The SMILES string of the molecule is O=C(NCC1CCS(=O)(=O)C1)c1cc(-c2cccs2)on1. The molecular weight excluding hydrogens is 312 g/mol. The van der Waals surface area contributed by atoms with Gasteiger partial charge in [-0.15, -0.1) is 11.3 Å². The van der Waals surface area contributed by atoms with Crippen molar-refractivity contribution in [3.63, 3.8) is 0 Å². The number of aromatic nitrogens is 1. The van der Waals surface area contributed by atoms with E-state index in [4.69, 9.17) is 4.52 Å². The molecule has 1 saturated heterocycles. The minimum absolute atomic E-state index is 0.0115. The maximum Gasteiger partial charge on any atom is 0.273 e. The van der Waals surface area contributed by atoms with Crippen LogP contribution in [0.2, 0.25) is 0 Å². The number of nitrogens with zero attached hydrogens (tertiary/aromatic N) is 1. The van der Waals surface area contributed by atoms with E-state index >= 15 is 0 Å². The van der Waals surface area contributed by atoms with Crippen LogP contribution in [0.3, 0.4) is 0 Å². The number of rotatable bonds is 4. The molecule has 21 heavy (non-hydrogen) atoms. The van der Waals surface area contributed by atoms with Crippen molar-refractivity contribution in [3.05, 3.63) is 29.3 Å². The second-order valence-corrected chi connectivity index (χ2v) is 8.21. The zero-order chi connectivity index (χ0) is 14.9. The highest BCUT2D eigenvalue weighted by atomic mass is 32.2. The van der Waals surface area contributed by atoms with Gasteiger partial charge in [0.2, 0.25) is 0 Å². The number of sulfone groups is 1. The predicted molar refractivity (Wildman–Crippen MR) is 78.9 cm³/mol. The number of carbonyl (C=O) groups excluding carboxylic acids is 1. The molecule has 0 bridgehead atoms. The Morgan fingerprint density at radius 3 is 3.05 bits per heavy atom. The van der Waals surface area contributed by atoms with Gasteiger partial charge in [-0.3, -0.25) is 4.79 Å². The van der Waals surface area contributed by atoms with Gasteiger partial charge in [-0.25, -0.2) is 8.42 Å². The molecule has 1 unspecified atom stereocenters. The molecule has 6 nitrogen and oxygen atoms in total. The van der Waals surface area contributed by atoms with E-state index < -0.39 is 9.84 Å². The number of thiophene rings is 1. The second kappa shape index (κ2) is 5.61. The van der Waals surface area contributed by atoms with Crippen molar-refractivity contribution >= 4 is 27.1 Å². The van der Waals surface area contributed by atoms with Crippen molar-refractivity contribution in [2.24, 2.45) is 5.92 Å². The molecule has 3 heterocycles. The molecule has 1 atom stereocenters. The lowest BCUT2D eigenvalue weighted by molar-refractivity contribution is 0.0939. The van der Waals surface area contributed by atoms with Crippen molar-refractivity contribution in [3.8, 4) is 10.6 Å². The van der Waals surface area contributed by atoms with Crippen LogP contribution in [0.1, 0.15) is 16.9 Å². The molecule has 1 fully saturated rings. The van der Waals surface area contributed by atoms with Crippen LogP contribution in [0.5, 0.6) is 0 Å². The highest BCUT2D eigenvalue weighted by Crippen LogP contribution is 2.25. The van der Waals surface area contributed by atoms with E-state index in [1.165, 1.54) is 11.3 Å². The fraction of sp³-hybridized carbons (Fsp3) is 0.385. The van der Waals surface area contributed by atoms with Gasteiger partial charge in [0.1, 0.15) is 0 Å². The molecule has 1 N–H and O–H groups in total. The molecule has 2 aromatic heterocycles. The molecule has 2 aromatic rings. The first-order valence-electron chi connectivity index (χ1n) is 6.53. The smallest absolute Gasteiger partial charge is 0.273 e. The van der Waals surface area contributed by atoms with Crippen LogP contribution in [-0.2, 0) is 9.84 Å². The Balaban J connectivity index is 1.59. The third kappa shape index (κ3) is 3.33. The first kappa shape index (κ1) is 14.3. The van der Waals surface area contributed by atoms with Crippen LogP contribution in [0.25, 0.3) is 10.6 Å². The predicted octanol–water partition coefficient (Wildman–Crippen LogP) is 1.57. The Bertz CT molecular complexity index is 734. The van der Waals surface area contributed by atoms with Gasteiger partial charge in [-0.2, -0.15) is 0 Å². The summed E-state index contributed by atoms with van der Waals surface area (Å²) in [5, 5.41) is 8.38. The van der Waals surface area contributed by atoms with E-state index in [9.17, 15) is 13.2 Å². The van der Waals surface area contributed by atoms with Crippen molar-refractivity contribution in [2.45, 2.75) is 6.42 Å². The summed E-state index contributed by atoms with van der Waals surface area (Å²) in [5.41, 5.74) is 0.208. The van der Waals surface area contributed by atoms with E-state index in [2.05, 4.69) is 10.5 Å². The summed E-state index contributed by atoms with van der Waals surface area (Å²) < 4.78 is 27.8. The molecule has 1 aliphatic rings. The van der Waals surface area contributed by atoms with Gasteiger partial charge in [0.05, 0.1) is 16.4 Å². The monoisotopic (exact) mass is 326 g/mol. The molecule has 0 saturated carbocycles. The van der Waals surface area contributed by atoms with E-state index in [0.29, 0.717) is 18.7 Å². The van der Waals surface area contributed by atoms with Crippen LogP contribution in [-0.4, -0.2) is 37.5 Å². The zero-order valence-electron chi connectivity index (χ0n) is 11.1. The van der Waals surface area contributed by atoms with Gasteiger partial charge in [0, 0.05) is 12.6 Å². The minimum atomic E-state index is -2.92. The minimum Gasteiger partial charge on any atom is -0.355 e. The number of nitrogens with one attached hydrogen (secondary N) is 1. The number of hydrogen-bond acceptors (Lipinski definition) is 6. The quantitative estimate of drug-likeness (QED) is 0.921. The van der Waals surface area contributed by atoms with Crippen molar-refractivity contribution < 1.29 is 17.7 Å². The standard InChI is InChI=1S/C13H14N2O4S2/c16-13(14-7-9-3-5-21(17,18)8-9)10-6-11(19-15-10)12-2-1-4-20-12/h1-2,4,6,9H,3,5,7-8H2,(H,14,16). The van der Waals surface area contributed by atoms with Crippen LogP contribution in [0.15, 0.2) is 28.1 Å². The molecule has 0 aliphatic carbocycles. The maximum absolute atomic E-state index is 12.0. The van der Waals surface area contributed by atoms with Crippen molar-refractivity contribution in [1.29, 1.82) is 0 Å². The summed E-state index contributed by atoms with van der Waals surface area (Å²) in [4.78, 5) is 12.9. The lowest BCUT2D eigenvalue weighted by Crippen LogP contribution is -2.30. The van der Waals surface area contributed by atoms with E-state index in [-0.39, 0.29) is 29.0 Å². The first-order valence-corrected chi connectivity index (χ1v) is 9.23. The van der Waals surface area contributed by atoms with Crippen LogP contribution in [0.4, 0.5) is 0 Å². The van der Waals surface area contributed by atoms with Gasteiger partial charge in [0.25, 0.3) is 5.91 Å². The summed E-state index contributed by atoms with van der Waals surface area (Å²) in [6.07, 6.45) is 0.599. The normalized spacial score (nSPS) is 20.5. The van der Waals surface area contributed by atoms with E-state index in [1.807, 2.05) is 17.5 Å². The molecule has 3 rings (SSSR count). The second-order valence-electron chi connectivity index (χ2n) is 5.03. The van der Waals surface area contributed by atoms with Gasteiger partial charge in [0.15, 0.2) is 21.3 Å². The van der Waals surface area contributed by atoms with Gasteiger partial charge in [-0.05, 0) is 23.8 Å². The number of carbonyl (C=O) groups is 1. The molecular formula is C13H14N2O4S2. The van der Waals surface area contributed by atoms with Gasteiger partial charge in [-0.1, -0.05) is 11.2 Å². The van der Waals surface area contributed by atoms with Gasteiger partial charge < -0.3 is 9.84 Å². The number of amides is 1. The Morgan fingerprint density at radius 2 is 2.38 bits per heavy atom. The molecule has 112 valence electrons. The lowest BCUT2D eigenvalue weighted by atomic mass is 10.1. The van der Waals surface area contributed by atoms with Gasteiger partial charge >= 0.3 is 0 Å². The maximum atomic E-state index is 12.0. The molecule has 1 amide bonds. The summed E-state index contributed by atoms with van der Waals surface area (Å²) >= 11 is 1.50. The summed E-state index contributed by atoms with van der Waals surface area (Å²) in [6, 6.07) is 5.37. The fourth-order valence-corrected chi connectivity index (χ4v) is 4.81. The van der Waals surface area contributed by atoms with Crippen LogP contribution >= 0.6 is 11.3 Å². The summed E-state index contributed by atoms with van der Waals surface area (Å²) in [5.74, 6) is 0.555. The zero-order valence-corrected chi connectivity index (χ0v) is 12.7.